The minimum Gasteiger partial charge on any atom is -0.481 e. The van der Waals surface area contributed by atoms with Crippen molar-refractivity contribution in [3.05, 3.63) is 0 Å². The van der Waals surface area contributed by atoms with Crippen molar-refractivity contribution in [2.24, 2.45) is 46.3 Å². The van der Waals surface area contributed by atoms with Crippen LogP contribution in [-0.2, 0) is 4.79 Å². The van der Waals surface area contributed by atoms with Crippen LogP contribution in [0.3, 0.4) is 0 Å². The minimum absolute atomic E-state index is 0.351. The van der Waals surface area contributed by atoms with Crippen molar-refractivity contribution in [1.29, 1.82) is 0 Å². The second-order valence-electron chi connectivity index (χ2n) is 12.4. The standard InChI is InChI=1S/C24H40O2.C3H9N/c1-16(7-12-22(25)26)19-10-11-20-18-9-8-17-6-4-5-14-23(17,2)21(18)13-15-24(19,20)3;1-4(2)3/h16-21H,4-15H2,1-3H3,(H,25,26);1-3H3/t16?,17?,18-,19+,20-,21-,23-,24+;/m0./s1. The molecule has 0 heterocycles. The lowest BCUT2D eigenvalue weighted by Gasteiger charge is -2.61. The minimum atomic E-state index is -0.621. The van der Waals surface area contributed by atoms with Crippen LogP contribution in [0.5, 0.6) is 0 Å². The van der Waals surface area contributed by atoms with Crippen molar-refractivity contribution in [3.8, 4) is 0 Å². The first-order valence-corrected chi connectivity index (χ1v) is 12.9. The first kappa shape index (κ1) is 24.1. The third-order valence-electron chi connectivity index (χ3n) is 10.2. The SMILES string of the molecule is CC(CCC(=O)O)[C@H]1CC[C@H]2[C@@H]3CCC4CCCC[C@]4(C)[C@H]3CC[C@]12C.CN(C)C. The molecule has 4 fully saturated rings. The number of carboxylic acids is 1. The van der Waals surface area contributed by atoms with Gasteiger partial charge in [-0.15, -0.1) is 0 Å². The Morgan fingerprint density at radius 2 is 1.60 bits per heavy atom. The van der Waals surface area contributed by atoms with E-state index in [1.807, 2.05) is 26.0 Å². The monoisotopic (exact) mass is 419 g/mol. The van der Waals surface area contributed by atoms with Crippen molar-refractivity contribution in [2.45, 2.75) is 97.8 Å². The van der Waals surface area contributed by atoms with Gasteiger partial charge in [-0.3, -0.25) is 4.79 Å². The third-order valence-corrected chi connectivity index (χ3v) is 10.2. The normalized spacial score (nSPS) is 43.6. The lowest BCUT2D eigenvalue weighted by Crippen LogP contribution is -2.53. The van der Waals surface area contributed by atoms with Crippen molar-refractivity contribution in [1.82, 2.24) is 4.90 Å². The van der Waals surface area contributed by atoms with Gasteiger partial charge in [0.05, 0.1) is 0 Å². The molecule has 174 valence electrons. The van der Waals surface area contributed by atoms with Crippen LogP contribution in [0.15, 0.2) is 0 Å². The fraction of sp³-hybridized carbons (Fsp3) is 0.963. The van der Waals surface area contributed by atoms with Crippen molar-refractivity contribution < 1.29 is 9.90 Å². The molecule has 30 heavy (non-hydrogen) atoms. The van der Waals surface area contributed by atoms with Crippen molar-refractivity contribution in [3.63, 3.8) is 0 Å². The third kappa shape index (κ3) is 4.62. The molecule has 0 bridgehead atoms. The lowest BCUT2D eigenvalue weighted by atomic mass is 9.44. The molecule has 0 saturated heterocycles. The lowest BCUT2D eigenvalue weighted by molar-refractivity contribution is -0.137. The molecule has 4 aliphatic rings. The summed E-state index contributed by atoms with van der Waals surface area (Å²) in [5.74, 6) is 4.57. The molecule has 1 N–H and O–H groups in total. The molecule has 0 aromatic rings. The van der Waals surface area contributed by atoms with Crippen LogP contribution in [0, 0.1) is 46.3 Å². The van der Waals surface area contributed by atoms with Crippen molar-refractivity contribution in [2.75, 3.05) is 21.1 Å². The summed E-state index contributed by atoms with van der Waals surface area (Å²) in [7, 11) is 6.00. The second kappa shape index (κ2) is 9.51. The van der Waals surface area contributed by atoms with Crippen LogP contribution >= 0.6 is 0 Å². The highest BCUT2D eigenvalue weighted by Crippen LogP contribution is 2.68. The molecule has 0 aromatic carbocycles. The van der Waals surface area contributed by atoms with Gasteiger partial charge in [-0.2, -0.15) is 0 Å². The zero-order chi connectivity index (χ0) is 22.1. The van der Waals surface area contributed by atoms with Gasteiger partial charge in [0.2, 0.25) is 0 Å². The Labute approximate surface area is 186 Å². The van der Waals surface area contributed by atoms with Crippen LogP contribution in [-0.4, -0.2) is 37.1 Å². The summed E-state index contributed by atoms with van der Waals surface area (Å²) >= 11 is 0. The highest BCUT2D eigenvalue weighted by molar-refractivity contribution is 5.66. The van der Waals surface area contributed by atoms with Gasteiger partial charge in [0.25, 0.3) is 0 Å². The van der Waals surface area contributed by atoms with Gasteiger partial charge >= 0.3 is 5.97 Å². The summed E-state index contributed by atoms with van der Waals surface area (Å²) in [6.45, 7) is 7.60. The molecule has 0 amide bonds. The number of aliphatic carboxylic acids is 1. The average molecular weight is 420 g/mol. The first-order chi connectivity index (χ1) is 14.1. The maximum absolute atomic E-state index is 11.0. The Hall–Kier alpha value is -0.570. The number of carbonyl (C=O) groups is 1. The number of hydrogen-bond donors (Lipinski definition) is 1. The summed E-state index contributed by atoms with van der Waals surface area (Å²) in [5, 5.41) is 9.09. The van der Waals surface area contributed by atoms with E-state index in [-0.39, 0.29) is 0 Å². The molecule has 4 aliphatic carbocycles. The second-order valence-corrected chi connectivity index (χ2v) is 12.4. The van der Waals surface area contributed by atoms with E-state index in [4.69, 9.17) is 5.11 Å². The summed E-state index contributed by atoms with van der Waals surface area (Å²) in [5.41, 5.74) is 1.12. The largest absolute Gasteiger partial charge is 0.481 e. The Morgan fingerprint density at radius 1 is 0.933 bits per heavy atom. The Morgan fingerprint density at radius 3 is 2.27 bits per heavy atom. The van der Waals surface area contributed by atoms with Crippen LogP contribution in [0.25, 0.3) is 0 Å². The highest BCUT2D eigenvalue weighted by Gasteiger charge is 2.60. The topological polar surface area (TPSA) is 40.5 Å². The maximum Gasteiger partial charge on any atom is 0.303 e. The van der Waals surface area contributed by atoms with Crippen LogP contribution in [0.4, 0.5) is 0 Å². The Balaban J connectivity index is 0.000000589. The number of hydrogen-bond acceptors (Lipinski definition) is 2. The molecule has 8 atom stereocenters. The predicted molar refractivity (Wildman–Crippen MR) is 125 cm³/mol. The van der Waals surface area contributed by atoms with E-state index in [2.05, 4.69) is 20.8 Å². The molecule has 0 aromatic heterocycles. The maximum atomic E-state index is 11.0. The molecule has 2 unspecified atom stereocenters. The number of rotatable bonds is 4. The van der Waals surface area contributed by atoms with Gasteiger partial charge in [0, 0.05) is 6.42 Å². The zero-order valence-electron chi connectivity index (χ0n) is 20.8. The summed E-state index contributed by atoms with van der Waals surface area (Å²) in [6, 6.07) is 0. The molecule has 0 aliphatic heterocycles. The molecule has 0 radical (unpaired) electrons. The number of carboxylic acid groups (broad SMARTS) is 1. The summed E-state index contributed by atoms with van der Waals surface area (Å²) < 4.78 is 0. The van der Waals surface area contributed by atoms with Crippen LogP contribution < -0.4 is 0 Å². The molecule has 0 spiro atoms. The summed E-state index contributed by atoms with van der Waals surface area (Å²) in [6.07, 6.45) is 15.7. The van der Waals surface area contributed by atoms with Crippen LogP contribution in [0.2, 0.25) is 0 Å². The van der Waals surface area contributed by atoms with E-state index in [1.165, 1.54) is 64.2 Å². The van der Waals surface area contributed by atoms with Gasteiger partial charge in [0.15, 0.2) is 0 Å². The molecular formula is C27H49NO2. The van der Waals surface area contributed by atoms with Crippen LogP contribution in [0.1, 0.15) is 97.8 Å². The highest BCUT2D eigenvalue weighted by atomic mass is 16.4. The average Bonchev–Trinajstić information content (AvgIpc) is 3.02. The van der Waals surface area contributed by atoms with Gasteiger partial charge in [-0.25, -0.2) is 0 Å². The van der Waals surface area contributed by atoms with E-state index in [9.17, 15) is 4.79 Å². The quantitative estimate of drug-likeness (QED) is 0.550. The van der Waals surface area contributed by atoms with E-state index in [0.29, 0.717) is 23.2 Å². The molecule has 3 heteroatoms. The van der Waals surface area contributed by atoms with E-state index in [0.717, 1.165) is 36.0 Å². The van der Waals surface area contributed by atoms with Crippen molar-refractivity contribution >= 4 is 5.97 Å². The number of fused-ring (bicyclic) bond motifs is 5. The molecule has 4 rings (SSSR count). The smallest absolute Gasteiger partial charge is 0.303 e. The Kier molecular flexibility index (Phi) is 7.63. The van der Waals surface area contributed by atoms with E-state index >= 15 is 0 Å². The molecule has 3 nitrogen and oxygen atoms in total. The Bertz CT molecular complexity index is 587. The fourth-order valence-electron chi connectivity index (χ4n) is 8.82. The van der Waals surface area contributed by atoms with Gasteiger partial charge < -0.3 is 10.0 Å². The first-order valence-electron chi connectivity index (χ1n) is 12.9. The molecule has 4 saturated carbocycles. The zero-order valence-corrected chi connectivity index (χ0v) is 20.8. The van der Waals surface area contributed by atoms with E-state index in [1.54, 1.807) is 0 Å². The number of nitrogens with zero attached hydrogens (tertiary/aromatic N) is 1. The van der Waals surface area contributed by atoms with Gasteiger partial charge in [-0.05, 0) is 125 Å². The fourth-order valence-corrected chi connectivity index (χ4v) is 8.82. The van der Waals surface area contributed by atoms with Gasteiger partial charge in [-0.1, -0.05) is 33.6 Å². The summed E-state index contributed by atoms with van der Waals surface area (Å²) in [4.78, 5) is 13.0. The predicted octanol–water partition coefficient (Wildman–Crippen LogP) is 6.71. The molecular weight excluding hydrogens is 370 g/mol. The van der Waals surface area contributed by atoms with E-state index < -0.39 is 5.97 Å². The van der Waals surface area contributed by atoms with Gasteiger partial charge in [0.1, 0.15) is 0 Å².